The monoisotopic (exact) mass is 224 g/mol. The van der Waals surface area contributed by atoms with Crippen molar-refractivity contribution in [2.45, 2.75) is 19.9 Å². The van der Waals surface area contributed by atoms with Crippen molar-refractivity contribution < 1.29 is 8.78 Å². The first kappa shape index (κ1) is 12.6. The average Bonchev–Trinajstić information content (AvgIpc) is 2.29. The Morgan fingerprint density at radius 3 is 2.81 bits per heavy atom. The second kappa shape index (κ2) is 6.19. The van der Waals surface area contributed by atoms with Gasteiger partial charge in [-0.15, -0.1) is 0 Å². The highest BCUT2D eigenvalue weighted by Crippen LogP contribution is 2.09. The number of hydrogen-bond donors (Lipinski definition) is 1. The van der Waals surface area contributed by atoms with Crippen molar-refractivity contribution in [3.8, 4) is 6.07 Å². The van der Waals surface area contributed by atoms with E-state index in [4.69, 9.17) is 5.26 Å². The zero-order chi connectivity index (χ0) is 12.0. The molecule has 0 aromatic heterocycles. The molecular weight excluding hydrogens is 210 g/mol. The third kappa shape index (κ3) is 3.59. The van der Waals surface area contributed by atoms with Crippen molar-refractivity contribution in [1.82, 2.24) is 5.32 Å². The van der Waals surface area contributed by atoms with Crippen LogP contribution in [0.4, 0.5) is 8.78 Å². The molecule has 0 radical (unpaired) electrons. The molecule has 0 heterocycles. The third-order valence-electron chi connectivity index (χ3n) is 2.39. The summed E-state index contributed by atoms with van der Waals surface area (Å²) >= 11 is 0. The number of hydrogen-bond acceptors (Lipinski definition) is 2. The Kier molecular flexibility index (Phi) is 4.87. The number of nitrogens with one attached hydrogen (secondary N) is 1. The lowest BCUT2D eigenvalue weighted by Crippen LogP contribution is -2.21. The molecule has 1 aromatic carbocycles. The van der Waals surface area contributed by atoms with E-state index in [0.29, 0.717) is 6.54 Å². The summed E-state index contributed by atoms with van der Waals surface area (Å²) < 4.78 is 26.0. The van der Waals surface area contributed by atoms with Gasteiger partial charge in [-0.2, -0.15) is 5.26 Å². The van der Waals surface area contributed by atoms with Crippen molar-refractivity contribution in [3.63, 3.8) is 0 Å². The van der Waals surface area contributed by atoms with Gasteiger partial charge in [0.15, 0.2) is 0 Å². The molecule has 0 saturated heterocycles. The lowest BCUT2D eigenvalue weighted by molar-refractivity contribution is 0.530. The van der Waals surface area contributed by atoms with Gasteiger partial charge in [0, 0.05) is 18.7 Å². The van der Waals surface area contributed by atoms with Crippen LogP contribution in [0.2, 0.25) is 0 Å². The van der Waals surface area contributed by atoms with Crippen molar-refractivity contribution in [3.05, 3.63) is 35.4 Å². The Morgan fingerprint density at radius 1 is 1.44 bits per heavy atom. The average molecular weight is 224 g/mol. The van der Waals surface area contributed by atoms with Crippen LogP contribution in [-0.2, 0) is 6.54 Å². The number of nitriles is 1. The molecule has 0 fully saturated rings. The fourth-order valence-electron chi connectivity index (χ4n) is 1.34. The number of halogens is 2. The largest absolute Gasteiger partial charge is 0.311 e. The highest BCUT2D eigenvalue weighted by molar-refractivity contribution is 5.18. The van der Waals surface area contributed by atoms with Gasteiger partial charge in [0.05, 0.1) is 12.0 Å². The summed E-state index contributed by atoms with van der Waals surface area (Å²) in [6, 6.07) is 5.49. The van der Waals surface area contributed by atoms with Crippen molar-refractivity contribution in [2.75, 3.05) is 6.54 Å². The van der Waals surface area contributed by atoms with Gasteiger partial charge in [-0.05, 0) is 24.6 Å². The summed E-state index contributed by atoms with van der Waals surface area (Å²) in [5.74, 6) is -0.971. The molecular formula is C12H14F2N2. The third-order valence-corrected chi connectivity index (χ3v) is 2.39. The summed E-state index contributed by atoms with van der Waals surface area (Å²) in [7, 11) is 0. The van der Waals surface area contributed by atoms with Gasteiger partial charge in [-0.1, -0.05) is 6.92 Å². The Bertz CT molecular complexity index is 385. The number of benzene rings is 1. The first-order valence-electron chi connectivity index (χ1n) is 5.21. The van der Waals surface area contributed by atoms with Gasteiger partial charge >= 0.3 is 0 Å². The van der Waals surface area contributed by atoms with E-state index in [1.807, 2.05) is 6.92 Å². The molecule has 0 aliphatic heterocycles. The normalized spacial score (nSPS) is 12.1. The highest BCUT2D eigenvalue weighted by atomic mass is 19.1. The summed E-state index contributed by atoms with van der Waals surface area (Å²) in [6.07, 6.45) is 0.745. The van der Waals surface area contributed by atoms with Crippen molar-refractivity contribution in [2.24, 2.45) is 5.92 Å². The van der Waals surface area contributed by atoms with Gasteiger partial charge in [-0.3, -0.25) is 0 Å². The molecule has 0 aliphatic rings. The van der Waals surface area contributed by atoms with E-state index in [1.54, 1.807) is 0 Å². The fraction of sp³-hybridized carbons (Fsp3) is 0.417. The second-order valence-corrected chi connectivity index (χ2v) is 3.60. The molecule has 0 amide bonds. The molecule has 0 spiro atoms. The Labute approximate surface area is 93.9 Å². The molecule has 1 aromatic rings. The first-order valence-corrected chi connectivity index (χ1v) is 5.21. The molecule has 0 saturated carbocycles. The standard InChI is InChI=1S/C12H14F2N2/c1-2-9(6-15)7-16-8-10-5-11(13)3-4-12(10)14/h3-5,9,16H,2,7-8H2,1H3. The van der Waals surface area contributed by atoms with Crippen LogP contribution >= 0.6 is 0 Å². The quantitative estimate of drug-likeness (QED) is 0.834. The van der Waals surface area contributed by atoms with Gasteiger partial charge in [-0.25, -0.2) is 8.78 Å². The van der Waals surface area contributed by atoms with E-state index < -0.39 is 11.6 Å². The van der Waals surface area contributed by atoms with Crippen LogP contribution in [0.1, 0.15) is 18.9 Å². The highest BCUT2D eigenvalue weighted by Gasteiger charge is 2.06. The maximum absolute atomic E-state index is 13.2. The maximum Gasteiger partial charge on any atom is 0.127 e. The second-order valence-electron chi connectivity index (χ2n) is 3.60. The van der Waals surface area contributed by atoms with Crippen LogP contribution < -0.4 is 5.32 Å². The maximum atomic E-state index is 13.2. The predicted octanol–water partition coefficient (Wildman–Crippen LogP) is 2.60. The Balaban J connectivity index is 2.49. The molecule has 1 unspecified atom stereocenters. The summed E-state index contributed by atoms with van der Waals surface area (Å²) in [4.78, 5) is 0. The minimum absolute atomic E-state index is 0.0865. The summed E-state index contributed by atoms with van der Waals surface area (Å²) in [6.45, 7) is 2.64. The molecule has 1 atom stereocenters. The van der Waals surface area contributed by atoms with Crippen molar-refractivity contribution >= 4 is 0 Å². The zero-order valence-corrected chi connectivity index (χ0v) is 9.13. The minimum Gasteiger partial charge on any atom is -0.311 e. The van der Waals surface area contributed by atoms with Crippen LogP contribution in [0.5, 0.6) is 0 Å². The van der Waals surface area contributed by atoms with Crippen LogP contribution in [0.25, 0.3) is 0 Å². The van der Waals surface area contributed by atoms with E-state index in [2.05, 4.69) is 11.4 Å². The predicted molar refractivity (Wildman–Crippen MR) is 57.5 cm³/mol. The molecule has 16 heavy (non-hydrogen) atoms. The van der Waals surface area contributed by atoms with Gasteiger partial charge in [0.2, 0.25) is 0 Å². The smallest absolute Gasteiger partial charge is 0.127 e. The van der Waals surface area contributed by atoms with Crippen molar-refractivity contribution in [1.29, 1.82) is 5.26 Å². The molecule has 1 N–H and O–H groups in total. The lowest BCUT2D eigenvalue weighted by atomic mass is 10.1. The topological polar surface area (TPSA) is 35.8 Å². The van der Waals surface area contributed by atoms with Gasteiger partial charge < -0.3 is 5.32 Å². The SMILES string of the molecule is CCC(C#N)CNCc1cc(F)ccc1F. The Hall–Kier alpha value is -1.47. The zero-order valence-electron chi connectivity index (χ0n) is 9.13. The molecule has 2 nitrogen and oxygen atoms in total. The molecule has 4 heteroatoms. The molecule has 0 aliphatic carbocycles. The van der Waals surface area contributed by atoms with Crippen LogP contribution in [0.15, 0.2) is 18.2 Å². The van der Waals surface area contributed by atoms with E-state index in [9.17, 15) is 8.78 Å². The van der Waals surface area contributed by atoms with Crippen LogP contribution in [-0.4, -0.2) is 6.54 Å². The molecule has 86 valence electrons. The molecule has 1 rings (SSSR count). The van der Waals surface area contributed by atoms with E-state index >= 15 is 0 Å². The number of rotatable bonds is 5. The Morgan fingerprint density at radius 2 is 2.19 bits per heavy atom. The van der Waals surface area contributed by atoms with E-state index in [-0.39, 0.29) is 18.0 Å². The van der Waals surface area contributed by atoms with Gasteiger partial charge in [0.1, 0.15) is 11.6 Å². The lowest BCUT2D eigenvalue weighted by Gasteiger charge is -2.08. The minimum atomic E-state index is -0.453. The van der Waals surface area contributed by atoms with Gasteiger partial charge in [0.25, 0.3) is 0 Å². The summed E-state index contributed by atoms with van der Waals surface area (Å²) in [5, 5.41) is 11.6. The van der Waals surface area contributed by atoms with Crippen LogP contribution in [0, 0.1) is 28.9 Å². The molecule has 0 bridgehead atoms. The first-order chi connectivity index (χ1) is 7.67. The fourth-order valence-corrected chi connectivity index (χ4v) is 1.34. The van der Waals surface area contributed by atoms with Crippen LogP contribution in [0.3, 0.4) is 0 Å². The van der Waals surface area contributed by atoms with E-state index in [0.717, 1.165) is 24.6 Å². The van der Waals surface area contributed by atoms with E-state index in [1.165, 1.54) is 0 Å². The number of nitrogens with zero attached hydrogens (tertiary/aromatic N) is 1. The summed E-state index contributed by atoms with van der Waals surface area (Å²) in [5.41, 5.74) is 0.285.